The van der Waals surface area contributed by atoms with E-state index in [0.717, 1.165) is 15.4 Å². The number of halogens is 2. The first-order valence-corrected chi connectivity index (χ1v) is 9.07. The topological polar surface area (TPSA) is 29.6 Å². The molecule has 0 aliphatic carbocycles. The zero-order valence-electron chi connectivity index (χ0n) is 12.2. The van der Waals surface area contributed by atoms with Gasteiger partial charge >= 0.3 is 0 Å². The van der Waals surface area contributed by atoms with E-state index in [1.807, 2.05) is 29.8 Å². The largest absolute Gasteiger partial charge is 0.258 e. The van der Waals surface area contributed by atoms with E-state index in [2.05, 4.69) is 10.1 Å². The molecule has 118 valence electrons. The van der Waals surface area contributed by atoms with Gasteiger partial charge in [0.05, 0.1) is 21.8 Å². The van der Waals surface area contributed by atoms with Crippen molar-refractivity contribution in [2.45, 2.75) is 6.92 Å². The summed E-state index contributed by atoms with van der Waals surface area (Å²) in [6.07, 6.45) is 1.44. The SMILES string of the molecule is CCN=c1scc(-c2cccs2)n1/N=C/c1c(F)cccc1Cl. The van der Waals surface area contributed by atoms with Gasteiger partial charge in [0.25, 0.3) is 0 Å². The molecule has 3 aromatic rings. The first kappa shape index (κ1) is 16.1. The normalized spacial score (nSPS) is 12.4. The molecule has 0 radical (unpaired) electrons. The Hall–Kier alpha value is -1.76. The summed E-state index contributed by atoms with van der Waals surface area (Å²) in [6, 6.07) is 8.58. The molecule has 0 N–H and O–H groups in total. The summed E-state index contributed by atoms with van der Waals surface area (Å²) in [4.78, 5) is 6.28. The zero-order chi connectivity index (χ0) is 16.2. The van der Waals surface area contributed by atoms with Gasteiger partial charge in [0.15, 0.2) is 0 Å². The van der Waals surface area contributed by atoms with Crippen LogP contribution in [0.2, 0.25) is 5.02 Å². The second-order valence-corrected chi connectivity index (χ2v) is 6.74. The number of thiophene rings is 1. The highest BCUT2D eigenvalue weighted by Crippen LogP contribution is 2.25. The van der Waals surface area contributed by atoms with Crippen molar-refractivity contribution in [1.29, 1.82) is 0 Å². The van der Waals surface area contributed by atoms with Gasteiger partial charge in [0.2, 0.25) is 4.80 Å². The Morgan fingerprint density at radius 3 is 2.83 bits per heavy atom. The van der Waals surface area contributed by atoms with Gasteiger partial charge in [-0.2, -0.15) is 5.10 Å². The third-order valence-corrected chi connectivity index (χ3v) is 5.13. The second-order valence-electron chi connectivity index (χ2n) is 4.55. The minimum Gasteiger partial charge on any atom is -0.258 e. The van der Waals surface area contributed by atoms with Gasteiger partial charge in [-0.25, -0.2) is 9.07 Å². The maximum Gasteiger partial charge on any atom is 0.206 e. The molecule has 0 aliphatic rings. The number of hydrogen-bond donors (Lipinski definition) is 0. The molecule has 0 saturated carbocycles. The van der Waals surface area contributed by atoms with E-state index in [-0.39, 0.29) is 5.56 Å². The van der Waals surface area contributed by atoms with Gasteiger partial charge in [-0.05, 0) is 30.5 Å². The van der Waals surface area contributed by atoms with E-state index in [1.165, 1.54) is 23.6 Å². The molecule has 0 atom stereocenters. The fourth-order valence-electron chi connectivity index (χ4n) is 2.00. The molecule has 0 aliphatic heterocycles. The van der Waals surface area contributed by atoms with Crippen LogP contribution in [-0.4, -0.2) is 17.4 Å². The van der Waals surface area contributed by atoms with Crippen molar-refractivity contribution in [1.82, 2.24) is 4.68 Å². The van der Waals surface area contributed by atoms with Crippen molar-refractivity contribution in [2.24, 2.45) is 10.1 Å². The van der Waals surface area contributed by atoms with Gasteiger partial charge in [-0.15, -0.1) is 22.7 Å². The van der Waals surface area contributed by atoms with Crippen LogP contribution in [0.4, 0.5) is 4.39 Å². The fraction of sp³-hybridized carbons (Fsp3) is 0.125. The zero-order valence-corrected chi connectivity index (χ0v) is 14.6. The summed E-state index contributed by atoms with van der Waals surface area (Å²) in [5.74, 6) is -0.399. The molecule has 0 spiro atoms. The number of nitrogens with zero attached hydrogens (tertiary/aromatic N) is 3. The summed E-state index contributed by atoms with van der Waals surface area (Å²) in [7, 11) is 0. The van der Waals surface area contributed by atoms with E-state index in [1.54, 1.807) is 28.1 Å². The first-order chi connectivity index (χ1) is 11.2. The maximum absolute atomic E-state index is 13.9. The van der Waals surface area contributed by atoms with Crippen LogP contribution in [0.1, 0.15) is 12.5 Å². The molecule has 3 nitrogen and oxygen atoms in total. The van der Waals surface area contributed by atoms with Gasteiger partial charge in [-0.1, -0.05) is 23.7 Å². The Labute approximate surface area is 146 Å². The molecule has 0 bridgehead atoms. The molecule has 1 aromatic carbocycles. The summed E-state index contributed by atoms with van der Waals surface area (Å²) in [6.45, 7) is 2.62. The third kappa shape index (κ3) is 3.44. The fourth-order valence-corrected chi connectivity index (χ4v) is 3.91. The lowest BCUT2D eigenvalue weighted by Gasteiger charge is -2.02. The van der Waals surface area contributed by atoms with Gasteiger partial charge in [0.1, 0.15) is 5.82 Å². The highest BCUT2D eigenvalue weighted by Gasteiger charge is 2.09. The molecule has 7 heteroatoms. The predicted octanol–water partition coefficient (Wildman–Crippen LogP) is 4.87. The Morgan fingerprint density at radius 1 is 1.26 bits per heavy atom. The standard InChI is InChI=1S/C16H13ClFN3S2/c1-2-19-16-21(14(10-23-16)15-7-4-8-22-15)20-9-11-12(17)5-3-6-13(11)18/h3-10H,2H2,1H3/b19-16?,20-9+. The molecule has 0 fully saturated rings. The Kier molecular flexibility index (Phi) is 5.05. The third-order valence-electron chi connectivity index (χ3n) is 3.05. The summed E-state index contributed by atoms with van der Waals surface area (Å²) in [5, 5.41) is 8.76. The highest BCUT2D eigenvalue weighted by atomic mass is 35.5. The minimum absolute atomic E-state index is 0.271. The minimum atomic E-state index is -0.399. The summed E-state index contributed by atoms with van der Waals surface area (Å²) < 4.78 is 15.6. The van der Waals surface area contributed by atoms with Gasteiger partial charge in [-0.3, -0.25) is 4.99 Å². The number of benzene rings is 1. The van der Waals surface area contributed by atoms with E-state index in [9.17, 15) is 4.39 Å². The Balaban J connectivity index is 2.10. The highest BCUT2D eigenvalue weighted by molar-refractivity contribution is 7.14. The van der Waals surface area contributed by atoms with Gasteiger partial charge in [0, 0.05) is 17.5 Å². The van der Waals surface area contributed by atoms with E-state index in [0.29, 0.717) is 11.6 Å². The van der Waals surface area contributed by atoms with Crippen LogP contribution in [0.3, 0.4) is 0 Å². The van der Waals surface area contributed by atoms with Crippen molar-refractivity contribution >= 4 is 40.5 Å². The first-order valence-electron chi connectivity index (χ1n) is 6.94. The van der Waals surface area contributed by atoms with Crippen LogP contribution >= 0.6 is 34.3 Å². The molecule has 23 heavy (non-hydrogen) atoms. The van der Waals surface area contributed by atoms with Crippen LogP contribution in [-0.2, 0) is 0 Å². The average molecular weight is 366 g/mol. The molecular weight excluding hydrogens is 353 g/mol. The molecule has 0 unspecified atom stereocenters. The molecule has 2 aromatic heterocycles. The molecule has 2 heterocycles. The quantitative estimate of drug-likeness (QED) is 0.590. The average Bonchev–Trinajstić information content (AvgIpc) is 3.17. The van der Waals surface area contributed by atoms with E-state index >= 15 is 0 Å². The monoisotopic (exact) mass is 365 g/mol. The van der Waals surface area contributed by atoms with E-state index in [4.69, 9.17) is 11.6 Å². The smallest absolute Gasteiger partial charge is 0.206 e. The van der Waals surface area contributed by atoms with Crippen molar-refractivity contribution in [3.8, 4) is 10.6 Å². The molecular formula is C16H13ClFN3S2. The molecule has 3 rings (SSSR count). The van der Waals surface area contributed by atoms with Crippen LogP contribution in [0.15, 0.2) is 51.2 Å². The number of thiazole rings is 1. The number of aromatic nitrogens is 1. The predicted molar refractivity (Wildman–Crippen MR) is 96.1 cm³/mol. The Morgan fingerprint density at radius 2 is 2.13 bits per heavy atom. The van der Waals surface area contributed by atoms with Crippen LogP contribution in [0, 0.1) is 5.82 Å². The van der Waals surface area contributed by atoms with Crippen molar-refractivity contribution < 1.29 is 4.39 Å². The van der Waals surface area contributed by atoms with Crippen molar-refractivity contribution in [3.63, 3.8) is 0 Å². The van der Waals surface area contributed by atoms with Crippen molar-refractivity contribution in [2.75, 3.05) is 6.54 Å². The molecule has 0 saturated heterocycles. The maximum atomic E-state index is 13.9. The summed E-state index contributed by atoms with van der Waals surface area (Å²) in [5.41, 5.74) is 1.20. The van der Waals surface area contributed by atoms with Crippen LogP contribution in [0.25, 0.3) is 10.6 Å². The lowest BCUT2D eigenvalue weighted by Crippen LogP contribution is -2.12. The number of hydrogen-bond acceptors (Lipinski definition) is 4. The lowest BCUT2D eigenvalue weighted by atomic mass is 10.2. The summed E-state index contributed by atoms with van der Waals surface area (Å²) >= 11 is 9.18. The lowest BCUT2D eigenvalue weighted by molar-refractivity contribution is 0.625. The van der Waals surface area contributed by atoms with Crippen molar-refractivity contribution in [3.05, 3.63) is 62.3 Å². The van der Waals surface area contributed by atoms with E-state index < -0.39 is 5.82 Å². The molecule has 0 amide bonds. The van der Waals surface area contributed by atoms with Crippen LogP contribution < -0.4 is 4.80 Å². The number of rotatable bonds is 4. The Bertz CT molecular complexity index is 874. The van der Waals surface area contributed by atoms with Gasteiger partial charge < -0.3 is 0 Å². The van der Waals surface area contributed by atoms with Crippen LogP contribution in [0.5, 0.6) is 0 Å². The second kappa shape index (κ2) is 7.21.